The number of ether oxygens (including phenoxy) is 2. The molecule has 1 aliphatic heterocycles. The highest BCUT2D eigenvalue weighted by atomic mass is 79.9. The van der Waals surface area contributed by atoms with Crippen LogP contribution in [0.2, 0.25) is 0 Å². The molecule has 1 heterocycles. The molecule has 3 N–H and O–H groups in total. The quantitative estimate of drug-likeness (QED) is 0.867. The molecule has 1 unspecified atom stereocenters. The van der Waals surface area contributed by atoms with E-state index in [1.807, 2.05) is 0 Å². The van der Waals surface area contributed by atoms with Crippen LogP contribution in [0.1, 0.15) is 17.2 Å². The van der Waals surface area contributed by atoms with E-state index in [2.05, 4.69) is 15.9 Å². The van der Waals surface area contributed by atoms with E-state index < -0.39 is 12.0 Å². The molecule has 0 bridgehead atoms. The third kappa shape index (κ3) is 2.10. The van der Waals surface area contributed by atoms with E-state index in [0.29, 0.717) is 34.7 Å². The van der Waals surface area contributed by atoms with Gasteiger partial charge in [-0.3, -0.25) is 4.79 Å². The summed E-state index contributed by atoms with van der Waals surface area (Å²) in [5, 5.41) is 8.97. The van der Waals surface area contributed by atoms with Gasteiger partial charge in [0.25, 0.3) is 0 Å². The van der Waals surface area contributed by atoms with Gasteiger partial charge < -0.3 is 20.3 Å². The average molecular weight is 302 g/mol. The zero-order valence-electron chi connectivity index (χ0n) is 9.20. The Labute approximate surface area is 107 Å². The zero-order chi connectivity index (χ0) is 12.6. The Balaban J connectivity index is 2.57. The van der Waals surface area contributed by atoms with E-state index in [4.69, 9.17) is 20.3 Å². The maximum atomic E-state index is 11.0. The molecule has 0 amide bonds. The van der Waals surface area contributed by atoms with Crippen molar-refractivity contribution in [1.82, 2.24) is 0 Å². The first-order valence-corrected chi connectivity index (χ1v) is 5.88. The van der Waals surface area contributed by atoms with E-state index in [1.165, 1.54) is 0 Å². The number of fused-ring (bicyclic) bond motifs is 1. The molecule has 17 heavy (non-hydrogen) atoms. The zero-order valence-corrected chi connectivity index (χ0v) is 10.8. The fraction of sp³-hybridized carbons (Fsp3) is 0.364. The number of carboxylic acid groups (broad SMARTS) is 1. The van der Waals surface area contributed by atoms with Crippen molar-refractivity contribution < 1.29 is 19.4 Å². The first-order valence-electron chi connectivity index (χ1n) is 5.09. The first kappa shape index (κ1) is 12.2. The van der Waals surface area contributed by atoms with Crippen LogP contribution in [0.4, 0.5) is 0 Å². The molecular formula is C11H12BrNO4. The van der Waals surface area contributed by atoms with Gasteiger partial charge in [0.15, 0.2) is 11.5 Å². The van der Waals surface area contributed by atoms with Crippen LogP contribution in [0.3, 0.4) is 0 Å². The second-order valence-electron chi connectivity index (χ2n) is 3.76. The lowest BCUT2D eigenvalue weighted by atomic mass is 10.0. The van der Waals surface area contributed by atoms with E-state index >= 15 is 0 Å². The normalized spacial score (nSPS) is 15.5. The topological polar surface area (TPSA) is 81.8 Å². The third-order valence-electron chi connectivity index (χ3n) is 2.60. The summed E-state index contributed by atoms with van der Waals surface area (Å²) < 4.78 is 11.5. The Morgan fingerprint density at radius 3 is 2.82 bits per heavy atom. The first-order chi connectivity index (χ1) is 8.02. The number of carbonyl (C=O) groups is 1. The van der Waals surface area contributed by atoms with Crippen LogP contribution < -0.4 is 15.2 Å². The van der Waals surface area contributed by atoms with Gasteiger partial charge in [-0.15, -0.1) is 0 Å². The molecule has 1 aromatic carbocycles. The van der Waals surface area contributed by atoms with Crippen LogP contribution in [-0.4, -0.2) is 24.3 Å². The molecule has 1 aromatic rings. The van der Waals surface area contributed by atoms with Gasteiger partial charge in [-0.25, -0.2) is 0 Å². The summed E-state index contributed by atoms with van der Waals surface area (Å²) in [6.45, 7) is 2.72. The number of benzene rings is 1. The molecule has 0 saturated heterocycles. The van der Waals surface area contributed by atoms with Crippen molar-refractivity contribution in [2.45, 2.75) is 13.0 Å². The number of rotatable bonds is 2. The number of aryl methyl sites for hydroxylation is 1. The van der Waals surface area contributed by atoms with E-state index in [0.717, 1.165) is 5.56 Å². The molecule has 0 fully saturated rings. The highest BCUT2D eigenvalue weighted by molar-refractivity contribution is 9.10. The van der Waals surface area contributed by atoms with Gasteiger partial charge in [-0.1, -0.05) is 0 Å². The van der Waals surface area contributed by atoms with Gasteiger partial charge in [-0.2, -0.15) is 0 Å². The highest BCUT2D eigenvalue weighted by Gasteiger charge is 2.26. The highest BCUT2D eigenvalue weighted by Crippen LogP contribution is 2.43. The molecule has 0 spiro atoms. The van der Waals surface area contributed by atoms with Crippen LogP contribution in [0.15, 0.2) is 10.5 Å². The lowest BCUT2D eigenvalue weighted by Gasteiger charge is -2.23. The number of carboxylic acids is 1. The fourth-order valence-electron chi connectivity index (χ4n) is 1.79. The Hall–Kier alpha value is -1.27. The monoisotopic (exact) mass is 301 g/mol. The van der Waals surface area contributed by atoms with Crippen LogP contribution in [-0.2, 0) is 4.79 Å². The standard InChI is InChI=1S/C11H12BrNO4/c1-5-4-6-10(17-3-2-16-6)8(12)7(5)9(13)11(14)15/h4,9H,2-3,13H2,1H3,(H,14,15). The SMILES string of the molecule is Cc1cc2c(c(Br)c1C(N)C(=O)O)OCCO2. The number of hydrogen-bond acceptors (Lipinski definition) is 4. The molecule has 1 atom stereocenters. The van der Waals surface area contributed by atoms with Crippen molar-refractivity contribution >= 4 is 21.9 Å². The number of aliphatic carboxylic acids is 1. The van der Waals surface area contributed by atoms with Crippen LogP contribution in [0, 0.1) is 6.92 Å². The predicted octanol–water partition coefficient (Wildman–Crippen LogP) is 1.61. The molecule has 5 nitrogen and oxygen atoms in total. The minimum absolute atomic E-state index is 0.441. The number of hydrogen-bond donors (Lipinski definition) is 2. The average Bonchev–Trinajstić information content (AvgIpc) is 2.28. The van der Waals surface area contributed by atoms with Gasteiger partial charge in [-0.05, 0) is 34.5 Å². The Kier molecular flexibility index (Phi) is 3.26. The molecule has 92 valence electrons. The third-order valence-corrected chi connectivity index (χ3v) is 3.38. The van der Waals surface area contributed by atoms with E-state index in [-0.39, 0.29) is 0 Å². The predicted molar refractivity (Wildman–Crippen MR) is 64.4 cm³/mol. The molecular weight excluding hydrogens is 290 g/mol. The van der Waals surface area contributed by atoms with Gasteiger partial charge in [0.2, 0.25) is 0 Å². The summed E-state index contributed by atoms with van der Waals surface area (Å²) in [5.41, 5.74) is 6.92. The Bertz CT molecular complexity index is 475. The van der Waals surface area contributed by atoms with E-state index in [1.54, 1.807) is 13.0 Å². The van der Waals surface area contributed by atoms with Crippen LogP contribution in [0.5, 0.6) is 11.5 Å². The van der Waals surface area contributed by atoms with Crippen molar-refractivity contribution in [1.29, 1.82) is 0 Å². The van der Waals surface area contributed by atoms with Crippen molar-refractivity contribution in [2.75, 3.05) is 13.2 Å². The van der Waals surface area contributed by atoms with Crippen LogP contribution in [0.25, 0.3) is 0 Å². The van der Waals surface area contributed by atoms with Gasteiger partial charge in [0, 0.05) is 5.56 Å². The molecule has 2 rings (SSSR count). The van der Waals surface area contributed by atoms with Crippen LogP contribution >= 0.6 is 15.9 Å². The minimum Gasteiger partial charge on any atom is -0.486 e. The summed E-state index contributed by atoms with van der Waals surface area (Å²) in [5.74, 6) is 0.0565. The van der Waals surface area contributed by atoms with Crippen molar-refractivity contribution in [3.63, 3.8) is 0 Å². The van der Waals surface area contributed by atoms with Crippen molar-refractivity contribution in [3.8, 4) is 11.5 Å². The molecule has 0 radical (unpaired) electrons. The largest absolute Gasteiger partial charge is 0.486 e. The maximum Gasteiger partial charge on any atom is 0.325 e. The van der Waals surface area contributed by atoms with Gasteiger partial charge in [0.1, 0.15) is 19.3 Å². The molecule has 0 aromatic heterocycles. The Morgan fingerprint density at radius 2 is 2.18 bits per heavy atom. The maximum absolute atomic E-state index is 11.0. The second-order valence-corrected chi connectivity index (χ2v) is 4.55. The van der Waals surface area contributed by atoms with Crippen molar-refractivity contribution in [2.24, 2.45) is 5.73 Å². The fourth-order valence-corrected chi connectivity index (χ4v) is 2.66. The second kappa shape index (κ2) is 4.54. The summed E-state index contributed by atoms with van der Waals surface area (Å²) in [6.07, 6.45) is 0. The number of nitrogens with two attached hydrogens (primary N) is 1. The summed E-state index contributed by atoms with van der Waals surface area (Å²) >= 11 is 3.34. The van der Waals surface area contributed by atoms with Gasteiger partial charge in [0.05, 0.1) is 4.47 Å². The molecule has 0 saturated carbocycles. The molecule has 6 heteroatoms. The van der Waals surface area contributed by atoms with Gasteiger partial charge >= 0.3 is 5.97 Å². The molecule has 0 aliphatic carbocycles. The number of halogens is 1. The Morgan fingerprint density at radius 1 is 1.53 bits per heavy atom. The summed E-state index contributed by atoms with van der Waals surface area (Å²) in [6, 6.07) is 0.664. The lowest BCUT2D eigenvalue weighted by Crippen LogP contribution is -2.23. The van der Waals surface area contributed by atoms with E-state index in [9.17, 15) is 4.79 Å². The molecule has 1 aliphatic rings. The minimum atomic E-state index is -1.08. The van der Waals surface area contributed by atoms with Crippen molar-refractivity contribution in [3.05, 3.63) is 21.7 Å². The summed E-state index contributed by atoms with van der Waals surface area (Å²) in [4.78, 5) is 11.0. The summed E-state index contributed by atoms with van der Waals surface area (Å²) in [7, 11) is 0. The smallest absolute Gasteiger partial charge is 0.325 e. The lowest BCUT2D eigenvalue weighted by molar-refractivity contribution is -0.138.